The number of methoxy groups -OCH3 is 1. The fourth-order valence-electron chi connectivity index (χ4n) is 6.33. The molecule has 0 saturated carbocycles. The fraction of sp³-hybridized carbons (Fsp3) is 0.0500. The SMILES string of the molecule is COc1cc(N=Nc2ccc(N=Nc3ccc(S(=O)(=O)O)cc3)cc2)c(C)cc1N=Nc1c(S(=O)(=O)O)cc2cc(-n3nc4ccc5cc(S(=O)(=O)O)ccc5c4n3)ccc2c1O. The minimum atomic E-state index is -4.99. The van der Waals surface area contributed by atoms with Gasteiger partial charge < -0.3 is 9.84 Å². The molecule has 0 aliphatic carbocycles. The van der Waals surface area contributed by atoms with Crippen molar-refractivity contribution < 1.29 is 48.8 Å². The van der Waals surface area contributed by atoms with E-state index in [1.165, 1.54) is 72.6 Å². The number of nitrogens with zero attached hydrogens (tertiary/aromatic N) is 9. The Bertz CT molecular complexity index is 3600. The molecule has 0 fully saturated rings. The number of phenolic OH excluding ortho intramolecular Hbond substituents is 1. The Hall–Kier alpha value is -7.41. The smallest absolute Gasteiger partial charge is 0.296 e. The molecule has 1 aromatic heterocycles. The van der Waals surface area contributed by atoms with Crippen LogP contribution in [0.5, 0.6) is 11.5 Å². The molecule has 0 saturated heterocycles. The number of ether oxygens (including phenoxy) is 1. The van der Waals surface area contributed by atoms with E-state index in [0.717, 1.165) is 6.07 Å². The van der Waals surface area contributed by atoms with Crippen LogP contribution in [-0.4, -0.2) is 66.1 Å². The highest BCUT2D eigenvalue weighted by atomic mass is 32.2. The van der Waals surface area contributed by atoms with Gasteiger partial charge in [0.15, 0.2) is 5.75 Å². The Morgan fingerprint density at radius 2 is 1.14 bits per heavy atom. The molecular formula is C40H29N9O11S3. The molecule has 4 N–H and O–H groups in total. The first-order valence-corrected chi connectivity index (χ1v) is 22.3. The van der Waals surface area contributed by atoms with Gasteiger partial charge in [-0.3, -0.25) is 13.7 Å². The number of rotatable bonds is 11. The average Bonchev–Trinajstić information content (AvgIpc) is 3.69. The summed E-state index contributed by atoms with van der Waals surface area (Å²) < 4.78 is 105. The summed E-state index contributed by atoms with van der Waals surface area (Å²) in [6.45, 7) is 1.72. The highest BCUT2D eigenvalue weighted by Crippen LogP contribution is 2.43. The first kappa shape index (κ1) is 42.3. The summed E-state index contributed by atoms with van der Waals surface area (Å²) >= 11 is 0. The van der Waals surface area contributed by atoms with Crippen LogP contribution in [0.4, 0.5) is 34.1 Å². The van der Waals surface area contributed by atoms with Gasteiger partial charge >= 0.3 is 0 Å². The number of phenols is 1. The third-order valence-corrected chi connectivity index (χ3v) is 12.1. The maximum atomic E-state index is 12.7. The van der Waals surface area contributed by atoms with Crippen molar-refractivity contribution in [1.29, 1.82) is 0 Å². The molecule has 1 heterocycles. The number of hydrogen-bond acceptors (Lipinski definition) is 16. The van der Waals surface area contributed by atoms with E-state index in [4.69, 9.17) is 9.29 Å². The van der Waals surface area contributed by atoms with Gasteiger partial charge in [-0.15, -0.1) is 20.4 Å². The van der Waals surface area contributed by atoms with Gasteiger partial charge in [0.05, 0.1) is 45.3 Å². The molecule has 318 valence electrons. The van der Waals surface area contributed by atoms with Crippen molar-refractivity contribution >= 4 is 97.1 Å². The van der Waals surface area contributed by atoms with Crippen molar-refractivity contribution in [2.75, 3.05) is 7.11 Å². The first-order chi connectivity index (χ1) is 29.8. The lowest BCUT2D eigenvalue weighted by molar-refractivity contribution is 0.416. The van der Waals surface area contributed by atoms with Crippen LogP contribution in [0.3, 0.4) is 0 Å². The van der Waals surface area contributed by atoms with Crippen LogP contribution >= 0.6 is 0 Å². The largest absolute Gasteiger partial charge is 0.505 e. The molecule has 8 rings (SSSR count). The summed E-state index contributed by atoms with van der Waals surface area (Å²) in [4.78, 5) is -0.0216. The number of hydrogen-bond donors (Lipinski definition) is 4. The minimum Gasteiger partial charge on any atom is -0.505 e. The maximum absolute atomic E-state index is 12.7. The van der Waals surface area contributed by atoms with E-state index in [2.05, 4.69) is 40.9 Å². The van der Waals surface area contributed by atoms with Gasteiger partial charge in [0.1, 0.15) is 33.1 Å². The molecule has 23 heteroatoms. The summed E-state index contributed by atoms with van der Waals surface area (Å²) in [5, 5.41) is 46.7. The molecule has 0 unspecified atom stereocenters. The monoisotopic (exact) mass is 907 g/mol. The topological polar surface area (TPSA) is 297 Å². The van der Waals surface area contributed by atoms with Crippen LogP contribution < -0.4 is 4.74 Å². The van der Waals surface area contributed by atoms with Crippen molar-refractivity contribution in [1.82, 2.24) is 15.0 Å². The van der Waals surface area contributed by atoms with Crippen molar-refractivity contribution in [3.05, 3.63) is 121 Å². The van der Waals surface area contributed by atoms with Gasteiger partial charge in [0.2, 0.25) is 0 Å². The number of aryl methyl sites for hydroxylation is 1. The molecule has 20 nitrogen and oxygen atoms in total. The van der Waals surface area contributed by atoms with E-state index in [0.29, 0.717) is 55.8 Å². The summed E-state index contributed by atoms with van der Waals surface area (Å²) in [6, 6.07) is 27.8. The minimum absolute atomic E-state index is 0.131. The van der Waals surface area contributed by atoms with Gasteiger partial charge in [-0.2, -0.15) is 50.5 Å². The predicted molar refractivity (Wildman–Crippen MR) is 228 cm³/mol. The lowest BCUT2D eigenvalue weighted by Crippen LogP contribution is -2.01. The second kappa shape index (κ2) is 16.1. The molecular weight excluding hydrogens is 879 g/mol. The Morgan fingerprint density at radius 1 is 0.556 bits per heavy atom. The number of fused-ring (bicyclic) bond motifs is 4. The Kier molecular flexibility index (Phi) is 10.8. The highest BCUT2D eigenvalue weighted by Gasteiger charge is 2.23. The predicted octanol–water partition coefficient (Wildman–Crippen LogP) is 9.74. The zero-order valence-corrected chi connectivity index (χ0v) is 34.8. The van der Waals surface area contributed by atoms with Gasteiger partial charge in [0.25, 0.3) is 30.4 Å². The van der Waals surface area contributed by atoms with Crippen molar-refractivity contribution in [2.24, 2.45) is 30.7 Å². The third-order valence-electron chi connectivity index (χ3n) is 9.47. The normalized spacial score (nSPS) is 12.8. The van der Waals surface area contributed by atoms with Crippen LogP contribution in [0.1, 0.15) is 5.56 Å². The summed E-state index contributed by atoms with van der Waals surface area (Å²) in [7, 11) is -12.4. The molecule has 0 aliphatic rings. The Balaban J connectivity index is 1.05. The molecule has 0 atom stereocenters. The van der Waals surface area contributed by atoms with Crippen LogP contribution in [0.25, 0.3) is 38.3 Å². The van der Waals surface area contributed by atoms with Crippen LogP contribution in [0.2, 0.25) is 0 Å². The van der Waals surface area contributed by atoms with E-state index in [1.54, 1.807) is 55.5 Å². The van der Waals surface area contributed by atoms with Gasteiger partial charge in [-0.05, 0) is 120 Å². The lowest BCUT2D eigenvalue weighted by atomic mass is 10.1. The third kappa shape index (κ3) is 8.85. The van der Waals surface area contributed by atoms with E-state index < -0.39 is 46.7 Å². The second-order valence-electron chi connectivity index (χ2n) is 13.6. The van der Waals surface area contributed by atoms with Crippen LogP contribution in [0.15, 0.2) is 161 Å². The van der Waals surface area contributed by atoms with Gasteiger partial charge in [-0.1, -0.05) is 12.1 Å². The molecule has 8 aromatic rings. The van der Waals surface area contributed by atoms with Crippen molar-refractivity contribution in [3.8, 4) is 17.2 Å². The number of benzene rings is 7. The van der Waals surface area contributed by atoms with Crippen molar-refractivity contribution in [3.63, 3.8) is 0 Å². The average molecular weight is 908 g/mol. The number of azo groups is 3. The highest BCUT2D eigenvalue weighted by molar-refractivity contribution is 7.86. The lowest BCUT2D eigenvalue weighted by Gasteiger charge is -2.11. The molecule has 0 bridgehead atoms. The zero-order chi connectivity index (χ0) is 44.8. The standard InChI is InChI=1S/C40H29N9O11S3/c1-22-17-35(36(60-2)21-34(22)44-43-26-6-4-25(5-7-26)41-42-27-8-11-29(12-9-27)61(51,52)53)45-46-39-37(63(57,58)59)20-24-18-28(10-14-32(24)40(39)50)49-47-33-16-3-23-19-30(62(54,55)56)13-15-31(23)38(33)48-49/h3-21,50H,1-2H3,(H,51,52,53)(H,54,55,56)(H,57,58,59). The Labute approximate surface area is 356 Å². The molecule has 0 spiro atoms. The summed E-state index contributed by atoms with van der Waals surface area (Å²) in [5.41, 5.74) is 3.05. The van der Waals surface area contributed by atoms with E-state index in [-0.39, 0.29) is 32.0 Å². The van der Waals surface area contributed by atoms with Crippen molar-refractivity contribution in [2.45, 2.75) is 21.6 Å². The van der Waals surface area contributed by atoms with Crippen LogP contribution in [0, 0.1) is 6.92 Å². The van der Waals surface area contributed by atoms with E-state index in [9.17, 15) is 39.5 Å². The molecule has 63 heavy (non-hydrogen) atoms. The molecule has 7 aromatic carbocycles. The Morgan fingerprint density at radius 3 is 1.76 bits per heavy atom. The summed E-state index contributed by atoms with van der Waals surface area (Å²) in [5.74, 6) is -0.430. The molecule has 0 radical (unpaired) electrons. The molecule has 0 aliphatic heterocycles. The molecule has 0 amide bonds. The van der Waals surface area contributed by atoms with Gasteiger partial charge in [0, 0.05) is 16.8 Å². The second-order valence-corrected chi connectivity index (χ2v) is 17.9. The van der Waals surface area contributed by atoms with E-state index in [1.807, 2.05) is 0 Å². The zero-order valence-electron chi connectivity index (χ0n) is 32.4. The quantitative estimate of drug-likeness (QED) is 0.0694. The fourth-order valence-corrected chi connectivity index (χ4v) is 7.98. The number of aromatic nitrogens is 3. The van der Waals surface area contributed by atoms with Crippen LogP contribution in [-0.2, 0) is 30.4 Å². The van der Waals surface area contributed by atoms with E-state index >= 15 is 0 Å². The van der Waals surface area contributed by atoms with Gasteiger partial charge in [-0.25, -0.2) is 0 Å². The summed E-state index contributed by atoms with van der Waals surface area (Å²) in [6.07, 6.45) is 0. The first-order valence-electron chi connectivity index (χ1n) is 18.0. The number of aromatic hydroxyl groups is 1. The maximum Gasteiger partial charge on any atom is 0.296 e.